The highest BCUT2D eigenvalue weighted by atomic mass is 16.3. The van der Waals surface area contributed by atoms with Gasteiger partial charge in [0.25, 0.3) is 0 Å². The third-order valence-corrected chi connectivity index (χ3v) is 3.53. The number of rotatable bonds is 5. The fraction of sp³-hybridized carbons (Fsp3) is 0.923. The molecule has 3 heteroatoms. The average Bonchev–Trinajstić information content (AvgIpc) is 2.27. The van der Waals surface area contributed by atoms with Crippen molar-refractivity contribution >= 4 is 5.91 Å². The maximum atomic E-state index is 11.6. The van der Waals surface area contributed by atoms with Gasteiger partial charge >= 0.3 is 0 Å². The number of aliphatic hydroxyl groups excluding tert-OH is 1. The Kier molecular flexibility index (Phi) is 5.81. The van der Waals surface area contributed by atoms with Crippen molar-refractivity contribution in [1.29, 1.82) is 0 Å². The fourth-order valence-corrected chi connectivity index (χ4v) is 2.42. The Labute approximate surface area is 98.6 Å². The summed E-state index contributed by atoms with van der Waals surface area (Å²) in [5, 5.41) is 12.2. The standard InChI is InChI=1S/C13H25NO2/c1-10(15)8-9-13(16)14-11(2)12-6-4-3-5-7-12/h10-12,15H,3-9H2,1-2H3,(H,14,16). The van der Waals surface area contributed by atoms with E-state index in [4.69, 9.17) is 5.11 Å². The topological polar surface area (TPSA) is 49.3 Å². The average molecular weight is 227 g/mol. The highest BCUT2D eigenvalue weighted by Crippen LogP contribution is 2.26. The van der Waals surface area contributed by atoms with E-state index in [0.717, 1.165) is 0 Å². The van der Waals surface area contributed by atoms with E-state index in [1.54, 1.807) is 6.92 Å². The molecule has 94 valence electrons. The van der Waals surface area contributed by atoms with Crippen molar-refractivity contribution in [3.63, 3.8) is 0 Å². The Hall–Kier alpha value is -0.570. The van der Waals surface area contributed by atoms with Gasteiger partial charge < -0.3 is 10.4 Å². The lowest BCUT2D eigenvalue weighted by molar-refractivity contribution is -0.122. The van der Waals surface area contributed by atoms with Gasteiger partial charge in [-0.15, -0.1) is 0 Å². The third kappa shape index (κ3) is 4.97. The molecule has 1 amide bonds. The number of amides is 1. The summed E-state index contributed by atoms with van der Waals surface area (Å²) < 4.78 is 0. The zero-order valence-corrected chi connectivity index (χ0v) is 10.5. The van der Waals surface area contributed by atoms with Crippen LogP contribution in [0.3, 0.4) is 0 Å². The van der Waals surface area contributed by atoms with Gasteiger partial charge in [0, 0.05) is 12.5 Å². The van der Waals surface area contributed by atoms with Crippen LogP contribution in [-0.4, -0.2) is 23.2 Å². The van der Waals surface area contributed by atoms with Crippen molar-refractivity contribution in [2.24, 2.45) is 5.92 Å². The molecule has 2 atom stereocenters. The molecule has 1 fully saturated rings. The zero-order chi connectivity index (χ0) is 12.0. The SMILES string of the molecule is CC(O)CCC(=O)NC(C)C1CCCCC1. The van der Waals surface area contributed by atoms with Crippen LogP contribution in [0.2, 0.25) is 0 Å². The second-order valence-corrected chi connectivity index (χ2v) is 5.14. The summed E-state index contributed by atoms with van der Waals surface area (Å²) >= 11 is 0. The van der Waals surface area contributed by atoms with Gasteiger partial charge in [-0.2, -0.15) is 0 Å². The number of nitrogens with one attached hydrogen (secondary N) is 1. The second-order valence-electron chi connectivity index (χ2n) is 5.14. The molecule has 0 aromatic heterocycles. The van der Waals surface area contributed by atoms with Crippen LogP contribution in [0.1, 0.15) is 58.8 Å². The van der Waals surface area contributed by atoms with Gasteiger partial charge in [0.2, 0.25) is 5.91 Å². The molecular formula is C13H25NO2. The molecule has 0 aromatic carbocycles. The summed E-state index contributed by atoms with van der Waals surface area (Å²) in [5.41, 5.74) is 0. The number of carbonyl (C=O) groups excluding carboxylic acids is 1. The molecule has 0 heterocycles. The molecule has 0 radical (unpaired) electrons. The molecule has 1 aliphatic carbocycles. The predicted molar refractivity (Wildman–Crippen MR) is 65.1 cm³/mol. The molecule has 16 heavy (non-hydrogen) atoms. The molecule has 2 unspecified atom stereocenters. The minimum atomic E-state index is -0.379. The first-order valence-electron chi connectivity index (χ1n) is 6.57. The Balaban J connectivity index is 2.21. The molecular weight excluding hydrogens is 202 g/mol. The third-order valence-electron chi connectivity index (χ3n) is 3.53. The minimum Gasteiger partial charge on any atom is -0.393 e. The number of hydrogen-bond donors (Lipinski definition) is 2. The Morgan fingerprint density at radius 2 is 1.94 bits per heavy atom. The van der Waals surface area contributed by atoms with E-state index < -0.39 is 0 Å². The van der Waals surface area contributed by atoms with Gasteiger partial charge in [0.15, 0.2) is 0 Å². The van der Waals surface area contributed by atoms with Crippen molar-refractivity contribution in [2.45, 2.75) is 70.9 Å². The number of carbonyl (C=O) groups is 1. The lowest BCUT2D eigenvalue weighted by Gasteiger charge is -2.28. The molecule has 2 N–H and O–H groups in total. The largest absolute Gasteiger partial charge is 0.393 e. The molecule has 0 aromatic rings. The molecule has 1 saturated carbocycles. The summed E-state index contributed by atoms with van der Waals surface area (Å²) in [4.78, 5) is 11.6. The van der Waals surface area contributed by atoms with Crippen LogP contribution in [0, 0.1) is 5.92 Å². The van der Waals surface area contributed by atoms with Crippen molar-refractivity contribution < 1.29 is 9.90 Å². The Morgan fingerprint density at radius 3 is 2.50 bits per heavy atom. The minimum absolute atomic E-state index is 0.0824. The van der Waals surface area contributed by atoms with Crippen LogP contribution in [0.15, 0.2) is 0 Å². The summed E-state index contributed by atoms with van der Waals surface area (Å²) in [6.07, 6.45) is 7.07. The molecule has 0 aliphatic heterocycles. The van der Waals surface area contributed by atoms with E-state index in [1.165, 1.54) is 32.1 Å². The lowest BCUT2D eigenvalue weighted by Crippen LogP contribution is -2.39. The summed E-state index contributed by atoms with van der Waals surface area (Å²) in [5.74, 6) is 0.739. The van der Waals surface area contributed by atoms with Gasteiger partial charge in [0.05, 0.1) is 6.10 Å². The van der Waals surface area contributed by atoms with Crippen LogP contribution in [-0.2, 0) is 4.79 Å². The first-order chi connectivity index (χ1) is 7.59. The highest BCUT2D eigenvalue weighted by molar-refractivity contribution is 5.76. The van der Waals surface area contributed by atoms with E-state index >= 15 is 0 Å². The quantitative estimate of drug-likeness (QED) is 0.756. The summed E-state index contributed by atoms with van der Waals surface area (Å²) in [6.45, 7) is 3.83. The molecule has 1 rings (SSSR count). The lowest BCUT2D eigenvalue weighted by atomic mass is 9.84. The molecule has 3 nitrogen and oxygen atoms in total. The number of hydrogen-bond acceptors (Lipinski definition) is 2. The first kappa shape index (κ1) is 13.5. The van der Waals surface area contributed by atoms with Crippen molar-refractivity contribution in [1.82, 2.24) is 5.32 Å². The fourth-order valence-electron chi connectivity index (χ4n) is 2.42. The van der Waals surface area contributed by atoms with Gasteiger partial charge in [-0.25, -0.2) is 0 Å². The Bertz CT molecular complexity index is 210. The van der Waals surface area contributed by atoms with Gasteiger partial charge in [0.1, 0.15) is 0 Å². The van der Waals surface area contributed by atoms with Gasteiger partial charge in [-0.05, 0) is 39.0 Å². The Morgan fingerprint density at radius 1 is 1.31 bits per heavy atom. The second kappa shape index (κ2) is 6.89. The number of aliphatic hydroxyl groups is 1. The summed E-state index contributed by atoms with van der Waals surface area (Å²) in [7, 11) is 0. The van der Waals surface area contributed by atoms with Crippen LogP contribution in [0.25, 0.3) is 0 Å². The van der Waals surface area contributed by atoms with Gasteiger partial charge in [-0.1, -0.05) is 19.3 Å². The monoisotopic (exact) mass is 227 g/mol. The maximum absolute atomic E-state index is 11.6. The smallest absolute Gasteiger partial charge is 0.220 e. The molecule has 1 aliphatic rings. The molecule has 0 spiro atoms. The van der Waals surface area contributed by atoms with Crippen LogP contribution in [0.4, 0.5) is 0 Å². The van der Waals surface area contributed by atoms with Crippen LogP contribution >= 0.6 is 0 Å². The van der Waals surface area contributed by atoms with E-state index in [0.29, 0.717) is 24.8 Å². The first-order valence-corrected chi connectivity index (χ1v) is 6.57. The van der Waals surface area contributed by atoms with E-state index in [-0.39, 0.29) is 12.0 Å². The van der Waals surface area contributed by atoms with E-state index in [1.807, 2.05) is 0 Å². The highest BCUT2D eigenvalue weighted by Gasteiger charge is 2.21. The normalized spacial score (nSPS) is 21.4. The van der Waals surface area contributed by atoms with Crippen molar-refractivity contribution in [3.05, 3.63) is 0 Å². The van der Waals surface area contributed by atoms with Crippen LogP contribution < -0.4 is 5.32 Å². The predicted octanol–water partition coefficient (Wildman–Crippen LogP) is 2.23. The maximum Gasteiger partial charge on any atom is 0.220 e. The van der Waals surface area contributed by atoms with Crippen LogP contribution in [0.5, 0.6) is 0 Å². The molecule has 0 bridgehead atoms. The van der Waals surface area contributed by atoms with E-state index in [2.05, 4.69) is 12.2 Å². The van der Waals surface area contributed by atoms with Gasteiger partial charge in [-0.3, -0.25) is 4.79 Å². The van der Waals surface area contributed by atoms with Crippen molar-refractivity contribution in [2.75, 3.05) is 0 Å². The zero-order valence-electron chi connectivity index (χ0n) is 10.5. The molecule has 0 saturated heterocycles. The van der Waals surface area contributed by atoms with E-state index in [9.17, 15) is 4.79 Å². The summed E-state index contributed by atoms with van der Waals surface area (Å²) in [6, 6.07) is 0.293. The van der Waals surface area contributed by atoms with Crippen molar-refractivity contribution in [3.8, 4) is 0 Å².